The second-order valence-electron chi connectivity index (χ2n) is 2.76. The van der Waals surface area contributed by atoms with E-state index in [0.717, 1.165) is 14.5 Å². The van der Waals surface area contributed by atoms with E-state index in [1.54, 1.807) is 6.20 Å². The number of anilines is 1. The summed E-state index contributed by atoms with van der Waals surface area (Å²) < 4.78 is 0.730. The third-order valence-corrected chi connectivity index (χ3v) is 3.70. The van der Waals surface area contributed by atoms with E-state index in [9.17, 15) is 0 Å². The van der Waals surface area contributed by atoms with Gasteiger partial charge in [0.2, 0.25) is 0 Å². The fraction of sp³-hybridized carbons (Fsp3) is 0. The van der Waals surface area contributed by atoms with Crippen molar-refractivity contribution in [3.8, 4) is 0 Å². The van der Waals surface area contributed by atoms with Gasteiger partial charge in [-0.2, -0.15) is 0 Å². The summed E-state index contributed by atoms with van der Waals surface area (Å²) in [7, 11) is 0. The summed E-state index contributed by atoms with van der Waals surface area (Å²) in [4.78, 5) is 12.3. The molecule has 2 rings (SSSR count). The van der Waals surface area contributed by atoms with Crippen LogP contribution in [-0.4, -0.2) is 15.0 Å². The fourth-order valence-corrected chi connectivity index (χ4v) is 2.34. The van der Waals surface area contributed by atoms with E-state index in [0.29, 0.717) is 5.82 Å². The first kappa shape index (κ1) is 11.3. The number of halogens is 1. The maximum Gasteiger partial charge on any atom is 0.158 e. The van der Waals surface area contributed by atoms with Gasteiger partial charge in [0.25, 0.3) is 0 Å². The number of rotatable bonds is 3. The Morgan fingerprint density at radius 2 is 2.12 bits per heavy atom. The quantitative estimate of drug-likeness (QED) is 0.513. The van der Waals surface area contributed by atoms with Gasteiger partial charge in [-0.15, -0.1) is 0 Å². The monoisotopic (exact) mass is 297 g/mol. The molecule has 0 radical (unpaired) electrons. The Morgan fingerprint density at radius 1 is 1.25 bits per heavy atom. The summed E-state index contributed by atoms with van der Waals surface area (Å²) >= 11 is 4.82. The van der Waals surface area contributed by atoms with Crippen LogP contribution in [-0.2, 0) is 0 Å². The summed E-state index contributed by atoms with van der Waals surface area (Å²) in [5.74, 6) is 5.87. The van der Waals surface area contributed by atoms with Crippen molar-refractivity contribution in [3.63, 3.8) is 0 Å². The Morgan fingerprint density at radius 3 is 2.81 bits per heavy atom. The first-order valence-electron chi connectivity index (χ1n) is 4.37. The van der Waals surface area contributed by atoms with E-state index >= 15 is 0 Å². The minimum absolute atomic E-state index is 0.549. The standard InChI is InChI=1S/C9H8BrN5S/c10-7-8(15-11)13-5-14-9(7)16-6-3-1-2-4-12-6/h1-5H,11H2,(H,13,14,15). The summed E-state index contributed by atoms with van der Waals surface area (Å²) in [5, 5.41) is 1.63. The van der Waals surface area contributed by atoms with Gasteiger partial charge in [0, 0.05) is 6.20 Å². The molecule has 5 nitrogen and oxygen atoms in total. The van der Waals surface area contributed by atoms with Gasteiger partial charge < -0.3 is 5.43 Å². The minimum Gasteiger partial charge on any atom is -0.307 e. The van der Waals surface area contributed by atoms with Crippen molar-refractivity contribution in [2.75, 3.05) is 5.43 Å². The molecule has 0 saturated heterocycles. The molecule has 2 heterocycles. The molecule has 0 spiro atoms. The summed E-state index contributed by atoms with van der Waals surface area (Å²) in [6, 6.07) is 5.70. The van der Waals surface area contributed by atoms with Gasteiger partial charge in [-0.1, -0.05) is 6.07 Å². The lowest BCUT2D eigenvalue weighted by Crippen LogP contribution is -2.09. The van der Waals surface area contributed by atoms with Crippen LogP contribution in [0.1, 0.15) is 0 Å². The van der Waals surface area contributed by atoms with Crippen LogP contribution in [0.25, 0.3) is 0 Å². The van der Waals surface area contributed by atoms with Gasteiger partial charge in [-0.05, 0) is 39.8 Å². The maximum absolute atomic E-state index is 5.32. The molecule has 0 aliphatic rings. The zero-order valence-corrected chi connectivity index (χ0v) is 10.5. The number of aromatic nitrogens is 3. The highest BCUT2D eigenvalue weighted by molar-refractivity contribution is 9.10. The van der Waals surface area contributed by atoms with Crippen LogP contribution >= 0.6 is 27.7 Å². The second kappa shape index (κ2) is 5.24. The molecule has 0 bridgehead atoms. The molecule has 0 saturated carbocycles. The normalized spacial score (nSPS) is 10.1. The third kappa shape index (κ3) is 2.49. The molecule has 3 N–H and O–H groups in total. The molecule has 2 aromatic heterocycles. The van der Waals surface area contributed by atoms with Crippen molar-refractivity contribution in [1.82, 2.24) is 15.0 Å². The lowest BCUT2D eigenvalue weighted by Gasteiger charge is -2.05. The van der Waals surface area contributed by atoms with Crippen LogP contribution in [0, 0.1) is 0 Å². The lowest BCUT2D eigenvalue weighted by molar-refractivity contribution is 1.01. The number of hydrogen-bond donors (Lipinski definition) is 2. The number of nitrogens with one attached hydrogen (secondary N) is 1. The maximum atomic E-state index is 5.32. The number of nitrogen functional groups attached to an aromatic ring is 1. The number of pyridine rings is 1. The molecule has 82 valence electrons. The highest BCUT2D eigenvalue weighted by Crippen LogP contribution is 2.33. The highest BCUT2D eigenvalue weighted by atomic mass is 79.9. The van der Waals surface area contributed by atoms with Crippen molar-refractivity contribution >= 4 is 33.5 Å². The Bertz CT molecular complexity index is 479. The average molecular weight is 298 g/mol. The number of nitrogens with zero attached hydrogens (tertiary/aromatic N) is 3. The third-order valence-electron chi connectivity index (χ3n) is 1.73. The predicted molar refractivity (Wildman–Crippen MR) is 65.9 cm³/mol. The van der Waals surface area contributed by atoms with Crippen LogP contribution in [0.5, 0.6) is 0 Å². The van der Waals surface area contributed by atoms with E-state index in [-0.39, 0.29) is 0 Å². The van der Waals surface area contributed by atoms with E-state index in [1.165, 1.54) is 18.1 Å². The van der Waals surface area contributed by atoms with Crippen LogP contribution in [0.3, 0.4) is 0 Å². The zero-order valence-electron chi connectivity index (χ0n) is 8.09. The molecule has 0 aliphatic heterocycles. The van der Waals surface area contributed by atoms with Gasteiger partial charge in [0.05, 0.1) is 4.47 Å². The van der Waals surface area contributed by atoms with Crippen molar-refractivity contribution in [3.05, 3.63) is 35.2 Å². The highest BCUT2D eigenvalue weighted by Gasteiger charge is 2.09. The molecule has 0 aromatic carbocycles. The number of nitrogens with two attached hydrogens (primary N) is 1. The summed E-state index contributed by atoms with van der Waals surface area (Å²) in [5.41, 5.74) is 2.49. The molecule has 2 aromatic rings. The number of hydrazine groups is 1. The molecular weight excluding hydrogens is 290 g/mol. The molecular formula is C9H8BrN5S. The summed E-state index contributed by atoms with van der Waals surface area (Å²) in [6.07, 6.45) is 3.19. The van der Waals surface area contributed by atoms with Gasteiger partial charge in [0.1, 0.15) is 16.4 Å². The topological polar surface area (TPSA) is 76.7 Å². The van der Waals surface area contributed by atoms with Crippen molar-refractivity contribution in [1.29, 1.82) is 0 Å². The Labute approximate surface area is 105 Å². The molecule has 0 aliphatic carbocycles. The Balaban J connectivity index is 2.28. The van der Waals surface area contributed by atoms with Crippen molar-refractivity contribution in [2.24, 2.45) is 5.84 Å². The van der Waals surface area contributed by atoms with Gasteiger partial charge >= 0.3 is 0 Å². The summed E-state index contributed by atoms with van der Waals surface area (Å²) in [6.45, 7) is 0. The fourth-order valence-electron chi connectivity index (χ4n) is 1.03. The molecule has 0 fully saturated rings. The Kier molecular flexibility index (Phi) is 3.70. The first-order valence-corrected chi connectivity index (χ1v) is 5.98. The second-order valence-corrected chi connectivity index (χ2v) is 4.56. The van der Waals surface area contributed by atoms with Crippen LogP contribution in [0.15, 0.2) is 45.2 Å². The van der Waals surface area contributed by atoms with Gasteiger partial charge in [-0.25, -0.2) is 20.8 Å². The molecule has 0 unspecified atom stereocenters. The van der Waals surface area contributed by atoms with Gasteiger partial charge in [-0.3, -0.25) is 0 Å². The SMILES string of the molecule is NNc1ncnc(Sc2ccccn2)c1Br. The van der Waals surface area contributed by atoms with E-state index in [4.69, 9.17) is 5.84 Å². The van der Waals surface area contributed by atoms with Crippen molar-refractivity contribution in [2.45, 2.75) is 10.1 Å². The van der Waals surface area contributed by atoms with Crippen LogP contribution in [0.4, 0.5) is 5.82 Å². The predicted octanol–water partition coefficient (Wildman–Crippen LogP) is 2.07. The zero-order chi connectivity index (χ0) is 11.4. The largest absolute Gasteiger partial charge is 0.307 e. The Hall–Kier alpha value is -1.18. The van der Waals surface area contributed by atoms with Crippen LogP contribution in [0.2, 0.25) is 0 Å². The lowest BCUT2D eigenvalue weighted by atomic mass is 10.5. The molecule has 0 amide bonds. The van der Waals surface area contributed by atoms with Crippen molar-refractivity contribution < 1.29 is 0 Å². The average Bonchev–Trinajstić information content (AvgIpc) is 2.33. The number of hydrogen-bond acceptors (Lipinski definition) is 6. The van der Waals surface area contributed by atoms with E-state index < -0.39 is 0 Å². The first-order chi connectivity index (χ1) is 7.81. The smallest absolute Gasteiger partial charge is 0.158 e. The molecule has 7 heteroatoms. The minimum atomic E-state index is 0.549. The van der Waals surface area contributed by atoms with Gasteiger partial charge in [0.15, 0.2) is 5.82 Å². The van der Waals surface area contributed by atoms with E-state index in [1.807, 2.05) is 18.2 Å². The molecule has 16 heavy (non-hydrogen) atoms. The van der Waals surface area contributed by atoms with Crippen LogP contribution < -0.4 is 11.3 Å². The molecule has 0 atom stereocenters. The van der Waals surface area contributed by atoms with E-state index in [2.05, 4.69) is 36.3 Å².